The molecule has 0 N–H and O–H groups in total. The van der Waals surface area contributed by atoms with Gasteiger partial charge in [0.2, 0.25) is 0 Å². The second-order valence-electron chi connectivity index (χ2n) is 5.08. The van der Waals surface area contributed by atoms with Gasteiger partial charge in [0.15, 0.2) is 0 Å². The third-order valence-corrected chi connectivity index (χ3v) is 3.84. The molecule has 1 unspecified atom stereocenters. The molecule has 0 bridgehead atoms. The molecule has 0 aliphatic heterocycles. The maximum Gasteiger partial charge on any atom is 0.264 e. The average Bonchev–Trinajstić information content (AvgIpc) is 1.92. The standard InChI is InChI=1S/C10H22O3SSi/c1-10(13-14(2,11)12)8-6-7-9-15(3,4)5/h6-7,10H,8-9H2,1-5H3/b7-6+. The topological polar surface area (TPSA) is 43.4 Å². The molecule has 0 aromatic rings. The van der Waals surface area contributed by atoms with Crippen LogP contribution in [0.15, 0.2) is 12.2 Å². The lowest BCUT2D eigenvalue weighted by atomic mass is 10.3. The molecule has 1 atom stereocenters. The second kappa shape index (κ2) is 5.82. The number of allylic oxidation sites excluding steroid dienone is 1. The Morgan fingerprint density at radius 2 is 1.80 bits per heavy atom. The van der Waals surface area contributed by atoms with Gasteiger partial charge in [-0.1, -0.05) is 31.8 Å². The first-order valence-corrected chi connectivity index (χ1v) is 10.7. The zero-order valence-electron chi connectivity index (χ0n) is 10.3. The molecule has 15 heavy (non-hydrogen) atoms. The van der Waals surface area contributed by atoms with Crippen molar-refractivity contribution >= 4 is 18.2 Å². The third-order valence-electron chi connectivity index (χ3n) is 1.70. The van der Waals surface area contributed by atoms with Crippen molar-refractivity contribution in [1.29, 1.82) is 0 Å². The van der Waals surface area contributed by atoms with Crippen LogP contribution in [-0.4, -0.2) is 28.9 Å². The van der Waals surface area contributed by atoms with Gasteiger partial charge in [-0.05, 0) is 19.4 Å². The molecule has 0 radical (unpaired) electrons. The summed E-state index contributed by atoms with van der Waals surface area (Å²) in [5, 5.41) is 0. The molecule has 0 spiro atoms. The van der Waals surface area contributed by atoms with E-state index in [1.807, 2.05) is 6.08 Å². The SMILES string of the molecule is CC(C/C=C/C[Si](C)(C)C)OS(C)(=O)=O. The Morgan fingerprint density at radius 1 is 1.27 bits per heavy atom. The van der Waals surface area contributed by atoms with Crippen LogP contribution in [0.1, 0.15) is 13.3 Å². The van der Waals surface area contributed by atoms with Gasteiger partial charge in [0.05, 0.1) is 12.4 Å². The Bertz CT molecular complexity index is 301. The van der Waals surface area contributed by atoms with E-state index >= 15 is 0 Å². The van der Waals surface area contributed by atoms with Crippen LogP contribution in [0, 0.1) is 0 Å². The van der Waals surface area contributed by atoms with E-state index in [0.29, 0.717) is 6.42 Å². The quantitative estimate of drug-likeness (QED) is 0.413. The molecule has 90 valence electrons. The highest BCUT2D eigenvalue weighted by atomic mass is 32.2. The molecule has 0 saturated carbocycles. The maximum absolute atomic E-state index is 10.8. The molecular formula is C10H22O3SSi. The van der Waals surface area contributed by atoms with Gasteiger partial charge < -0.3 is 0 Å². The summed E-state index contributed by atoms with van der Waals surface area (Å²) in [5.74, 6) is 0. The molecule has 0 heterocycles. The Labute approximate surface area is 94.7 Å². The number of hydrogen-bond donors (Lipinski definition) is 0. The number of hydrogen-bond acceptors (Lipinski definition) is 3. The minimum absolute atomic E-state index is 0.266. The minimum atomic E-state index is -3.31. The third kappa shape index (κ3) is 11.8. The van der Waals surface area contributed by atoms with Crippen molar-refractivity contribution in [2.24, 2.45) is 0 Å². The predicted octanol–water partition coefficient (Wildman–Crippen LogP) is 2.64. The van der Waals surface area contributed by atoms with Gasteiger partial charge in [0.1, 0.15) is 0 Å². The lowest BCUT2D eigenvalue weighted by Gasteiger charge is -2.12. The van der Waals surface area contributed by atoms with E-state index in [9.17, 15) is 8.42 Å². The summed E-state index contributed by atoms with van der Waals surface area (Å²) in [6, 6.07) is 1.12. The average molecular weight is 250 g/mol. The molecule has 0 aromatic carbocycles. The molecule has 0 amide bonds. The van der Waals surface area contributed by atoms with Crippen molar-refractivity contribution in [3.63, 3.8) is 0 Å². The summed E-state index contributed by atoms with van der Waals surface area (Å²) in [4.78, 5) is 0. The minimum Gasteiger partial charge on any atom is -0.267 e. The second-order valence-corrected chi connectivity index (χ2v) is 12.2. The van der Waals surface area contributed by atoms with Crippen LogP contribution < -0.4 is 0 Å². The summed E-state index contributed by atoms with van der Waals surface area (Å²) in [6.45, 7) is 8.66. The van der Waals surface area contributed by atoms with Gasteiger partial charge in [-0.3, -0.25) is 4.18 Å². The predicted molar refractivity (Wildman–Crippen MR) is 67.3 cm³/mol. The first kappa shape index (κ1) is 14.9. The molecule has 0 aromatic heterocycles. The van der Waals surface area contributed by atoms with E-state index in [4.69, 9.17) is 4.18 Å². The van der Waals surface area contributed by atoms with Crippen LogP contribution in [0.4, 0.5) is 0 Å². The summed E-state index contributed by atoms with van der Waals surface area (Å²) < 4.78 is 26.4. The van der Waals surface area contributed by atoms with Crippen molar-refractivity contribution in [1.82, 2.24) is 0 Å². The fourth-order valence-electron chi connectivity index (χ4n) is 1.06. The molecule has 3 nitrogen and oxygen atoms in total. The maximum atomic E-state index is 10.8. The molecule has 0 fully saturated rings. The summed E-state index contributed by atoms with van der Waals surface area (Å²) in [5.41, 5.74) is 0. The summed E-state index contributed by atoms with van der Waals surface area (Å²) >= 11 is 0. The Kier molecular flexibility index (Phi) is 5.76. The van der Waals surface area contributed by atoms with Crippen molar-refractivity contribution in [3.8, 4) is 0 Å². The zero-order chi connectivity index (χ0) is 12.1. The van der Waals surface area contributed by atoms with Crippen molar-refractivity contribution in [2.45, 2.75) is 45.1 Å². The van der Waals surface area contributed by atoms with Gasteiger partial charge in [0.25, 0.3) is 10.1 Å². The monoisotopic (exact) mass is 250 g/mol. The molecule has 0 aliphatic carbocycles. The summed E-state index contributed by atoms with van der Waals surface area (Å²) in [7, 11) is -4.34. The van der Waals surface area contributed by atoms with E-state index in [1.54, 1.807) is 6.92 Å². The first-order valence-electron chi connectivity index (χ1n) is 5.13. The fraction of sp³-hybridized carbons (Fsp3) is 0.800. The van der Waals surface area contributed by atoms with E-state index < -0.39 is 18.2 Å². The smallest absolute Gasteiger partial charge is 0.264 e. The normalized spacial score (nSPS) is 15.8. The zero-order valence-corrected chi connectivity index (χ0v) is 12.1. The van der Waals surface area contributed by atoms with Crippen LogP contribution in [-0.2, 0) is 14.3 Å². The lowest BCUT2D eigenvalue weighted by molar-refractivity contribution is 0.235. The van der Waals surface area contributed by atoms with Crippen LogP contribution in [0.25, 0.3) is 0 Å². The van der Waals surface area contributed by atoms with Gasteiger partial charge in [-0.15, -0.1) is 0 Å². The number of rotatable bonds is 6. The van der Waals surface area contributed by atoms with Crippen LogP contribution in [0.2, 0.25) is 25.7 Å². The molecule has 0 aliphatic rings. The highest BCUT2D eigenvalue weighted by Crippen LogP contribution is 2.10. The summed E-state index contributed by atoms with van der Waals surface area (Å²) in [6.07, 6.45) is 5.60. The van der Waals surface area contributed by atoms with E-state index in [0.717, 1.165) is 12.3 Å². The van der Waals surface area contributed by atoms with Crippen molar-refractivity contribution in [2.75, 3.05) is 6.26 Å². The fourth-order valence-corrected chi connectivity index (χ4v) is 2.61. The molecular weight excluding hydrogens is 228 g/mol. The highest BCUT2D eigenvalue weighted by Gasteiger charge is 2.10. The van der Waals surface area contributed by atoms with E-state index in [1.165, 1.54) is 0 Å². The van der Waals surface area contributed by atoms with Gasteiger partial charge in [0, 0.05) is 8.07 Å². The van der Waals surface area contributed by atoms with Crippen LogP contribution >= 0.6 is 0 Å². The lowest BCUT2D eigenvalue weighted by Crippen LogP contribution is -2.17. The largest absolute Gasteiger partial charge is 0.267 e. The van der Waals surface area contributed by atoms with Crippen molar-refractivity contribution < 1.29 is 12.6 Å². The van der Waals surface area contributed by atoms with Crippen molar-refractivity contribution in [3.05, 3.63) is 12.2 Å². The van der Waals surface area contributed by atoms with Gasteiger partial charge in [-0.25, -0.2) is 0 Å². The van der Waals surface area contributed by atoms with Crippen LogP contribution in [0.3, 0.4) is 0 Å². The Morgan fingerprint density at radius 3 is 2.20 bits per heavy atom. The molecule has 0 saturated heterocycles. The Hall–Kier alpha value is -0.133. The Balaban J connectivity index is 3.87. The van der Waals surface area contributed by atoms with E-state index in [2.05, 4.69) is 25.7 Å². The van der Waals surface area contributed by atoms with Gasteiger partial charge >= 0.3 is 0 Å². The highest BCUT2D eigenvalue weighted by molar-refractivity contribution is 7.86. The van der Waals surface area contributed by atoms with E-state index in [-0.39, 0.29) is 6.10 Å². The van der Waals surface area contributed by atoms with Crippen LogP contribution in [0.5, 0.6) is 0 Å². The molecule has 5 heteroatoms. The molecule has 0 rings (SSSR count). The first-order chi connectivity index (χ1) is 6.60. The van der Waals surface area contributed by atoms with Gasteiger partial charge in [-0.2, -0.15) is 8.42 Å².